The molecule has 0 fully saturated rings. The maximum atomic E-state index is 4.34. The van der Waals surface area contributed by atoms with Gasteiger partial charge in [0.05, 0.1) is 6.04 Å². The third kappa shape index (κ3) is 2.04. The van der Waals surface area contributed by atoms with Crippen LogP contribution < -0.4 is 5.32 Å². The van der Waals surface area contributed by atoms with Crippen molar-refractivity contribution in [3.05, 3.63) is 28.6 Å². The maximum Gasteiger partial charge on any atom is 0.243 e. The summed E-state index contributed by atoms with van der Waals surface area (Å²) in [4.78, 5) is 4.34. The summed E-state index contributed by atoms with van der Waals surface area (Å²) in [6.45, 7) is 1.91. The van der Waals surface area contributed by atoms with E-state index >= 15 is 0 Å². The van der Waals surface area contributed by atoms with Gasteiger partial charge in [-0.3, -0.25) is 0 Å². The number of H-pyrrole nitrogens is 1. The molecule has 8 nitrogen and oxygen atoms in total. The van der Waals surface area contributed by atoms with E-state index in [2.05, 4.69) is 52.0 Å². The lowest BCUT2D eigenvalue weighted by molar-refractivity contribution is 0.778. The van der Waals surface area contributed by atoms with Crippen LogP contribution in [0.25, 0.3) is 5.65 Å². The van der Waals surface area contributed by atoms with E-state index in [1.165, 1.54) is 0 Å². The number of pyridine rings is 1. The minimum atomic E-state index is -0.121. The normalized spacial score (nSPS) is 12.8. The highest BCUT2D eigenvalue weighted by atomic mass is 79.9. The molecule has 0 bridgehead atoms. The molecule has 0 aliphatic heterocycles. The lowest BCUT2D eigenvalue weighted by Crippen LogP contribution is -2.09. The van der Waals surface area contributed by atoms with E-state index < -0.39 is 0 Å². The van der Waals surface area contributed by atoms with Gasteiger partial charge in [0.15, 0.2) is 11.5 Å². The standard InChI is InChI=1S/C9H9BrN8/c1-5(8-13-16-17-14-8)11-9-12-7-3-2-6(10)4-18(7)15-9/h2-5H,1H3,(H,11,15)(H,13,14,16,17). The summed E-state index contributed by atoms with van der Waals surface area (Å²) in [5.74, 6) is 1.08. The van der Waals surface area contributed by atoms with Gasteiger partial charge in [-0.2, -0.15) is 10.2 Å². The highest BCUT2D eigenvalue weighted by molar-refractivity contribution is 9.10. The zero-order chi connectivity index (χ0) is 12.5. The highest BCUT2D eigenvalue weighted by Crippen LogP contribution is 2.15. The molecule has 3 rings (SSSR count). The summed E-state index contributed by atoms with van der Waals surface area (Å²) >= 11 is 3.38. The Hall–Kier alpha value is -2.03. The van der Waals surface area contributed by atoms with E-state index in [0.29, 0.717) is 11.8 Å². The van der Waals surface area contributed by atoms with Crippen LogP contribution in [0.5, 0.6) is 0 Å². The molecule has 0 saturated heterocycles. The van der Waals surface area contributed by atoms with Gasteiger partial charge >= 0.3 is 0 Å². The number of nitrogens with one attached hydrogen (secondary N) is 2. The third-order valence-electron chi connectivity index (χ3n) is 2.39. The number of nitrogens with zero attached hydrogens (tertiary/aromatic N) is 6. The number of hydrogen-bond acceptors (Lipinski definition) is 6. The average Bonchev–Trinajstić information content (AvgIpc) is 2.95. The molecule has 9 heteroatoms. The number of hydrogen-bond donors (Lipinski definition) is 2. The second kappa shape index (κ2) is 4.33. The van der Waals surface area contributed by atoms with Gasteiger partial charge in [-0.25, -0.2) is 4.52 Å². The van der Waals surface area contributed by atoms with Gasteiger partial charge in [0.1, 0.15) is 0 Å². The largest absolute Gasteiger partial charge is 0.343 e. The maximum absolute atomic E-state index is 4.34. The average molecular weight is 309 g/mol. The molecule has 1 atom stereocenters. The molecule has 0 aliphatic carbocycles. The Morgan fingerprint density at radius 1 is 1.44 bits per heavy atom. The van der Waals surface area contributed by atoms with E-state index in [0.717, 1.165) is 10.1 Å². The van der Waals surface area contributed by atoms with E-state index in [1.807, 2.05) is 25.3 Å². The van der Waals surface area contributed by atoms with Gasteiger partial charge in [-0.05, 0) is 35.0 Å². The molecule has 3 aromatic rings. The van der Waals surface area contributed by atoms with Gasteiger partial charge in [0, 0.05) is 10.7 Å². The fraction of sp³-hybridized carbons (Fsp3) is 0.222. The number of aromatic amines is 1. The van der Waals surface area contributed by atoms with Crippen LogP contribution in [0.4, 0.5) is 5.95 Å². The Labute approximate surface area is 110 Å². The first kappa shape index (κ1) is 11.1. The second-order valence-electron chi connectivity index (χ2n) is 3.72. The molecule has 0 radical (unpaired) electrons. The first-order valence-corrected chi connectivity index (χ1v) is 6.03. The number of tetrazole rings is 1. The predicted molar refractivity (Wildman–Crippen MR) is 66.9 cm³/mol. The van der Waals surface area contributed by atoms with Crippen molar-refractivity contribution in [2.75, 3.05) is 5.32 Å². The monoisotopic (exact) mass is 308 g/mol. The number of fused-ring (bicyclic) bond motifs is 1. The molecule has 0 aromatic carbocycles. The second-order valence-corrected chi connectivity index (χ2v) is 4.64. The molecule has 2 N–H and O–H groups in total. The lowest BCUT2D eigenvalue weighted by Gasteiger charge is -2.05. The predicted octanol–water partition coefficient (Wildman–Crippen LogP) is 1.18. The molecule has 3 heterocycles. The van der Waals surface area contributed by atoms with Gasteiger partial charge in [-0.15, -0.1) is 15.3 Å². The molecular weight excluding hydrogens is 300 g/mol. The van der Waals surface area contributed by atoms with E-state index in [4.69, 9.17) is 0 Å². The number of aromatic nitrogens is 7. The van der Waals surface area contributed by atoms with Gasteiger partial charge < -0.3 is 5.32 Å². The SMILES string of the molecule is CC(Nc1nc2ccc(Br)cn2n1)c1nn[nH]n1. The van der Waals surface area contributed by atoms with Crippen LogP contribution in [0.15, 0.2) is 22.8 Å². The zero-order valence-corrected chi connectivity index (χ0v) is 11.0. The van der Waals surface area contributed by atoms with E-state index in [9.17, 15) is 0 Å². The van der Waals surface area contributed by atoms with Crippen LogP contribution in [-0.2, 0) is 0 Å². The molecule has 18 heavy (non-hydrogen) atoms. The lowest BCUT2D eigenvalue weighted by atomic mass is 10.3. The summed E-state index contributed by atoms with van der Waals surface area (Å²) in [6.07, 6.45) is 1.84. The van der Waals surface area contributed by atoms with Crippen LogP contribution in [-0.4, -0.2) is 35.2 Å². The zero-order valence-electron chi connectivity index (χ0n) is 9.37. The Morgan fingerprint density at radius 3 is 3.11 bits per heavy atom. The van der Waals surface area contributed by atoms with Crippen molar-refractivity contribution in [3.63, 3.8) is 0 Å². The van der Waals surface area contributed by atoms with Crippen LogP contribution in [0.3, 0.4) is 0 Å². The molecule has 0 spiro atoms. The third-order valence-corrected chi connectivity index (χ3v) is 2.86. The van der Waals surface area contributed by atoms with Crippen molar-refractivity contribution in [1.82, 2.24) is 35.2 Å². The van der Waals surface area contributed by atoms with Gasteiger partial charge in [0.25, 0.3) is 0 Å². The molecule has 0 saturated carbocycles. The molecule has 1 unspecified atom stereocenters. The van der Waals surface area contributed by atoms with Crippen molar-refractivity contribution in [1.29, 1.82) is 0 Å². The molecule has 92 valence electrons. The summed E-state index contributed by atoms with van der Waals surface area (Å²) in [6, 6.07) is 3.67. The van der Waals surface area contributed by atoms with Gasteiger partial charge in [0.2, 0.25) is 5.95 Å². The number of anilines is 1. The van der Waals surface area contributed by atoms with Crippen molar-refractivity contribution in [2.45, 2.75) is 13.0 Å². The Balaban J connectivity index is 1.86. The topological polar surface area (TPSA) is 96.7 Å². The number of rotatable bonds is 3. The van der Waals surface area contributed by atoms with Crippen molar-refractivity contribution < 1.29 is 0 Å². The summed E-state index contributed by atoms with van der Waals surface area (Å²) in [5, 5.41) is 21.1. The van der Waals surface area contributed by atoms with Crippen molar-refractivity contribution in [3.8, 4) is 0 Å². The van der Waals surface area contributed by atoms with E-state index in [-0.39, 0.29) is 6.04 Å². The van der Waals surface area contributed by atoms with Crippen molar-refractivity contribution in [2.24, 2.45) is 0 Å². The summed E-state index contributed by atoms with van der Waals surface area (Å²) < 4.78 is 2.63. The van der Waals surface area contributed by atoms with Crippen molar-refractivity contribution >= 4 is 27.5 Å². The first-order chi connectivity index (χ1) is 8.72. The smallest absolute Gasteiger partial charge is 0.243 e. The quantitative estimate of drug-likeness (QED) is 0.754. The molecule has 0 aliphatic rings. The fourth-order valence-corrected chi connectivity index (χ4v) is 1.86. The van der Waals surface area contributed by atoms with Crippen LogP contribution in [0, 0.1) is 0 Å². The molecule has 3 aromatic heterocycles. The molecule has 0 amide bonds. The summed E-state index contributed by atoms with van der Waals surface area (Å²) in [5.41, 5.74) is 0.765. The Kier molecular flexibility index (Phi) is 2.67. The van der Waals surface area contributed by atoms with Crippen LogP contribution in [0.2, 0.25) is 0 Å². The Morgan fingerprint density at radius 2 is 2.33 bits per heavy atom. The summed E-state index contributed by atoms with van der Waals surface area (Å²) in [7, 11) is 0. The fourth-order valence-electron chi connectivity index (χ4n) is 1.53. The number of halogens is 1. The molecular formula is C9H9BrN8. The minimum Gasteiger partial charge on any atom is -0.343 e. The highest BCUT2D eigenvalue weighted by Gasteiger charge is 2.12. The minimum absolute atomic E-state index is 0.121. The van der Waals surface area contributed by atoms with E-state index in [1.54, 1.807) is 4.52 Å². The Bertz CT molecular complexity index is 660. The van der Waals surface area contributed by atoms with Crippen LogP contribution in [0.1, 0.15) is 18.8 Å². The van der Waals surface area contributed by atoms with Gasteiger partial charge in [-0.1, -0.05) is 5.21 Å². The van der Waals surface area contributed by atoms with Crippen LogP contribution >= 0.6 is 15.9 Å². The first-order valence-electron chi connectivity index (χ1n) is 5.24.